The van der Waals surface area contributed by atoms with E-state index in [1.165, 1.54) is 0 Å². The molecule has 3 atom stereocenters. The highest BCUT2D eigenvalue weighted by Gasteiger charge is 2.36. The summed E-state index contributed by atoms with van der Waals surface area (Å²) in [7, 11) is 0. The van der Waals surface area contributed by atoms with Gasteiger partial charge in [0.1, 0.15) is 6.10 Å². The fraction of sp³-hybridized carbons (Fsp3) is 0.615. The Bertz CT molecular complexity index is 700. The second-order valence-electron chi connectivity index (χ2n) is 5.70. The lowest BCUT2D eigenvalue weighted by atomic mass is 10.2. The van der Waals surface area contributed by atoms with Gasteiger partial charge >= 0.3 is 0 Å². The predicted molar refractivity (Wildman–Crippen MR) is 78.2 cm³/mol. The van der Waals surface area contributed by atoms with Crippen LogP contribution in [0.4, 0.5) is 11.8 Å². The Morgan fingerprint density at radius 2 is 2.18 bits per heavy atom. The average Bonchev–Trinajstić information content (AvgIpc) is 3.00. The quantitative estimate of drug-likeness (QED) is 0.677. The first kappa shape index (κ1) is 13.7. The van der Waals surface area contributed by atoms with Crippen molar-refractivity contribution < 1.29 is 14.9 Å². The van der Waals surface area contributed by atoms with E-state index in [1.54, 1.807) is 10.9 Å². The largest absolute Gasteiger partial charge is 0.394 e. The zero-order valence-electron chi connectivity index (χ0n) is 12.0. The molecule has 4 heterocycles. The first-order valence-corrected chi connectivity index (χ1v) is 7.36. The number of aliphatic hydroxyl groups is 2. The number of nitrogens with zero attached hydrogens (tertiary/aromatic N) is 5. The van der Waals surface area contributed by atoms with Crippen LogP contribution in [-0.2, 0) is 4.74 Å². The molecule has 118 valence electrons. The molecule has 4 rings (SSSR count). The van der Waals surface area contributed by atoms with E-state index in [2.05, 4.69) is 19.9 Å². The van der Waals surface area contributed by atoms with Gasteiger partial charge in [-0.15, -0.1) is 0 Å². The normalized spacial score (nSPS) is 28.3. The molecule has 0 bridgehead atoms. The van der Waals surface area contributed by atoms with E-state index in [9.17, 15) is 10.2 Å². The van der Waals surface area contributed by atoms with Crippen molar-refractivity contribution >= 4 is 22.9 Å². The Labute approximate surface area is 126 Å². The molecule has 0 aromatic carbocycles. The van der Waals surface area contributed by atoms with Gasteiger partial charge in [-0.25, -0.2) is 4.98 Å². The first-order chi connectivity index (χ1) is 10.7. The molecule has 2 aliphatic rings. The number of nitrogen functional groups attached to an aromatic ring is 1. The van der Waals surface area contributed by atoms with Crippen molar-refractivity contribution in [2.45, 2.75) is 31.3 Å². The second kappa shape index (κ2) is 5.04. The standard InChI is InChI=1S/C13H18N6O3/c14-13-16-10(18-2-1-3-18)9-11(17-13)19(6-15-9)12-8(21)4-7(5-20)22-12/h6-8,12,20-21H,1-5H2,(H2,14,16,17)/t7-,8+,12+/m0/s1. The maximum atomic E-state index is 10.2. The van der Waals surface area contributed by atoms with Crippen molar-refractivity contribution in [2.75, 3.05) is 30.3 Å². The third kappa shape index (κ3) is 2.01. The third-order valence-corrected chi connectivity index (χ3v) is 4.22. The summed E-state index contributed by atoms with van der Waals surface area (Å²) in [5, 5.41) is 19.4. The molecular formula is C13H18N6O3. The number of aromatic nitrogens is 4. The topological polar surface area (TPSA) is 123 Å². The van der Waals surface area contributed by atoms with Crippen LogP contribution in [0.2, 0.25) is 0 Å². The Balaban J connectivity index is 1.78. The lowest BCUT2D eigenvalue weighted by molar-refractivity contribution is -0.0486. The Morgan fingerprint density at radius 3 is 2.82 bits per heavy atom. The van der Waals surface area contributed by atoms with E-state index in [0.717, 1.165) is 25.3 Å². The minimum absolute atomic E-state index is 0.129. The molecule has 0 aliphatic carbocycles. The number of aliphatic hydroxyl groups excluding tert-OH is 2. The van der Waals surface area contributed by atoms with E-state index in [0.29, 0.717) is 17.6 Å². The summed E-state index contributed by atoms with van der Waals surface area (Å²) in [6, 6.07) is 0. The second-order valence-corrected chi connectivity index (χ2v) is 5.70. The molecule has 0 amide bonds. The van der Waals surface area contributed by atoms with Crippen molar-refractivity contribution in [1.29, 1.82) is 0 Å². The van der Waals surface area contributed by atoms with Gasteiger partial charge in [0.05, 0.1) is 19.0 Å². The lowest BCUT2D eigenvalue weighted by Gasteiger charge is -2.32. The lowest BCUT2D eigenvalue weighted by Crippen LogP contribution is -2.38. The van der Waals surface area contributed by atoms with Crippen molar-refractivity contribution in [2.24, 2.45) is 0 Å². The van der Waals surface area contributed by atoms with Gasteiger partial charge < -0.3 is 25.6 Å². The molecule has 0 saturated carbocycles. The highest BCUT2D eigenvalue weighted by atomic mass is 16.5. The van der Waals surface area contributed by atoms with E-state index in [4.69, 9.17) is 10.5 Å². The molecule has 2 aromatic rings. The Kier molecular flexibility index (Phi) is 3.13. The van der Waals surface area contributed by atoms with Gasteiger partial charge in [-0.1, -0.05) is 0 Å². The number of hydrogen-bond acceptors (Lipinski definition) is 8. The predicted octanol–water partition coefficient (Wildman–Crippen LogP) is -0.741. The van der Waals surface area contributed by atoms with Crippen LogP contribution in [0.1, 0.15) is 19.1 Å². The molecule has 2 aromatic heterocycles. The molecule has 9 heteroatoms. The van der Waals surface area contributed by atoms with Crippen LogP contribution in [0.5, 0.6) is 0 Å². The van der Waals surface area contributed by atoms with Gasteiger partial charge in [-0.05, 0) is 6.42 Å². The molecule has 22 heavy (non-hydrogen) atoms. The Hall–Kier alpha value is -1.97. The first-order valence-electron chi connectivity index (χ1n) is 7.36. The van der Waals surface area contributed by atoms with Crippen molar-refractivity contribution in [3.63, 3.8) is 0 Å². The summed E-state index contributed by atoms with van der Waals surface area (Å²) in [4.78, 5) is 15.0. The molecule has 2 fully saturated rings. The van der Waals surface area contributed by atoms with Crippen molar-refractivity contribution in [3.8, 4) is 0 Å². The smallest absolute Gasteiger partial charge is 0.224 e. The van der Waals surface area contributed by atoms with Crippen LogP contribution in [-0.4, -0.2) is 61.6 Å². The highest BCUT2D eigenvalue weighted by Crippen LogP contribution is 2.33. The fourth-order valence-corrected chi connectivity index (χ4v) is 2.95. The summed E-state index contributed by atoms with van der Waals surface area (Å²) < 4.78 is 7.33. The molecule has 2 saturated heterocycles. The van der Waals surface area contributed by atoms with Crippen LogP contribution < -0.4 is 10.6 Å². The number of hydrogen-bond donors (Lipinski definition) is 3. The van der Waals surface area contributed by atoms with Gasteiger partial charge in [-0.2, -0.15) is 9.97 Å². The van der Waals surface area contributed by atoms with E-state index in [-0.39, 0.29) is 18.7 Å². The molecule has 0 unspecified atom stereocenters. The number of nitrogens with two attached hydrogens (primary N) is 1. The van der Waals surface area contributed by atoms with Gasteiger partial charge in [0.25, 0.3) is 0 Å². The number of anilines is 2. The van der Waals surface area contributed by atoms with Crippen molar-refractivity contribution in [1.82, 2.24) is 19.5 Å². The van der Waals surface area contributed by atoms with E-state index >= 15 is 0 Å². The molecule has 2 aliphatic heterocycles. The monoisotopic (exact) mass is 306 g/mol. The van der Waals surface area contributed by atoms with Gasteiger partial charge in [-0.3, -0.25) is 4.57 Å². The summed E-state index contributed by atoms with van der Waals surface area (Å²) in [6.07, 6.45) is 1.34. The molecular weight excluding hydrogens is 288 g/mol. The number of imidazole rings is 1. The maximum Gasteiger partial charge on any atom is 0.224 e. The number of ether oxygens (including phenoxy) is 1. The average molecular weight is 306 g/mol. The maximum absolute atomic E-state index is 10.2. The van der Waals surface area contributed by atoms with Gasteiger partial charge in [0.2, 0.25) is 5.95 Å². The Morgan fingerprint density at radius 1 is 1.36 bits per heavy atom. The highest BCUT2D eigenvalue weighted by molar-refractivity contribution is 5.85. The van der Waals surface area contributed by atoms with Gasteiger partial charge in [0, 0.05) is 19.5 Å². The summed E-state index contributed by atoms with van der Waals surface area (Å²) in [5.41, 5.74) is 7.01. The zero-order chi connectivity index (χ0) is 15.3. The van der Waals surface area contributed by atoms with E-state index < -0.39 is 12.3 Å². The summed E-state index contributed by atoms with van der Waals surface area (Å²) in [5.74, 6) is 0.890. The molecule has 4 N–H and O–H groups in total. The molecule has 0 spiro atoms. The van der Waals surface area contributed by atoms with Crippen LogP contribution in [0.25, 0.3) is 11.2 Å². The van der Waals surface area contributed by atoms with Gasteiger partial charge in [0.15, 0.2) is 23.2 Å². The SMILES string of the molecule is Nc1nc(N2CCC2)c2ncn([C@@H]3O[C@H](CO)C[C@H]3O)c2n1. The van der Waals surface area contributed by atoms with Crippen LogP contribution >= 0.6 is 0 Å². The molecule has 0 radical (unpaired) electrons. The fourth-order valence-electron chi connectivity index (χ4n) is 2.95. The number of rotatable bonds is 3. The van der Waals surface area contributed by atoms with Crippen LogP contribution in [0.15, 0.2) is 6.33 Å². The van der Waals surface area contributed by atoms with Crippen molar-refractivity contribution in [3.05, 3.63) is 6.33 Å². The zero-order valence-corrected chi connectivity index (χ0v) is 12.0. The summed E-state index contributed by atoms with van der Waals surface area (Å²) in [6.45, 7) is 1.72. The minimum Gasteiger partial charge on any atom is -0.394 e. The van der Waals surface area contributed by atoms with Crippen LogP contribution in [0, 0.1) is 0 Å². The molecule has 9 nitrogen and oxygen atoms in total. The third-order valence-electron chi connectivity index (χ3n) is 4.22. The van der Waals surface area contributed by atoms with E-state index in [1.807, 2.05) is 0 Å². The summed E-state index contributed by atoms with van der Waals surface area (Å²) >= 11 is 0. The van der Waals surface area contributed by atoms with Crippen LogP contribution in [0.3, 0.4) is 0 Å². The number of fused-ring (bicyclic) bond motifs is 1. The minimum atomic E-state index is -0.724.